The van der Waals surface area contributed by atoms with E-state index in [1.54, 1.807) is 0 Å². The minimum absolute atomic E-state index is 0.315. The van der Waals surface area contributed by atoms with Gasteiger partial charge in [-0.2, -0.15) is 0 Å². The molecule has 0 bridgehead atoms. The summed E-state index contributed by atoms with van der Waals surface area (Å²) in [6.07, 6.45) is 0.181. The molecule has 2 nitrogen and oxygen atoms in total. The molecule has 1 aliphatic rings. The summed E-state index contributed by atoms with van der Waals surface area (Å²) in [5.74, 6) is 0. The average molecular weight is 209 g/mol. The second kappa shape index (κ2) is 4.73. The lowest BCUT2D eigenvalue weighted by Gasteiger charge is -2.23. The fourth-order valence-electron chi connectivity index (χ4n) is 2.11. The van der Waals surface area contributed by atoms with Gasteiger partial charge < -0.3 is 5.11 Å². The number of aliphatic hydroxyl groups excluding tert-OH is 1. The van der Waals surface area contributed by atoms with Crippen molar-refractivity contribution < 1.29 is 9.50 Å². The molecule has 1 heterocycles. The van der Waals surface area contributed by atoms with Gasteiger partial charge in [0.25, 0.3) is 0 Å². The second-order valence-corrected chi connectivity index (χ2v) is 4.03. The van der Waals surface area contributed by atoms with Crippen LogP contribution in [0.1, 0.15) is 12.0 Å². The Balaban J connectivity index is 2.00. The molecule has 1 aliphatic heterocycles. The number of benzene rings is 1. The monoisotopic (exact) mass is 209 g/mol. The molecule has 0 spiro atoms. The first-order chi connectivity index (χ1) is 7.31. The van der Waals surface area contributed by atoms with E-state index in [1.165, 1.54) is 5.56 Å². The van der Waals surface area contributed by atoms with Crippen LogP contribution < -0.4 is 0 Å². The summed E-state index contributed by atoms with van der Waals surface area (Å²) in [5, 5.41) is 9.56. The molecule has 1 fully saturated rings. The fraction of sp³-hybridized carbons (Fsp3) is 0.500. The molecule has 1 aromatic carbocycles. The van der Waals surface area contributed by atoms with E-state index in [9.17, 15) is 9.50 Å². The first-order valence-electron chi connectivity index (χ1n) is 5.33. The van der Waals surface area contributed by atoms with Gasteiger partial charge in [0.15, 0.2) is 0 Å². The molecule has 3 heteroatoms. The highest BCUT2D eigenvalue weighted by Crippen LogP contribution is 2.20. The Morgan fingerprint density at radius 2 is 2.07 bits per heavy atom. The Hall–Kier alpha value is -0.930. The Morgan fingerprint density at radius 1 is 1.33 bits per heavy atom. The number of hydrogen-bond donors (Lipinski definition) is 1. The third-order valence-corrected chi connectivity index (χ3v) is 3.01. The number of rotatable bonds is 3. The molecular weight excluding hydrogens is 193 g/mol. The molecule has 15 heavy (non-hydrogen) atoms. The predicted octanol–water partition coefficient (Wildman–Crippen LogP) is 1.59. The fourth-order valence-corrected chi connectivity index (χ4v) is 2.11. The van der Waals surface area contributed by atoms with Crippen LogP contribution in [0.3, 0.4) is 0 Å². The van der Waals surface area contributed by atoms with Gasteiger partial charge in [-0.15, -0.1) is 0 Å². The van der Waals surface area contributed by atoms with E-state index in [4.69, 9.17) is 0 Å². The molecule has 0 radical (unpaired) electrons. The number of nitrogens with zero attached hydrogens (tertiary/aromatic N) is 1. The standard InChI is InChI=1S/C12H16FNO/c13-8-11-12(15)6-7-14(11)9-10-4-2-1-3-5-10/h1-5,11-12,15H,6-9H2/t11-,12+/m0/s1. The molecule has 0 aliphatic carbocycles. The second-order valence-electron chi connectivity index (χ2n) is 4.03. The Bertz CT molecular complexity index is 304. The van der Waals surface area contributed by atoms with E-state index in [-0.39, 0.29) is 6.04 Å². The van der Waals surface area contributed by atoms with Crippen LogP contribution in [0, 0.1) is 0 Å². The van der Waals surface area contributed by atoms with Crippen molar-refractivity contribution in [3.63, 3.8) is 0 Å². The first-order valence-corrected chi connectivity index (χ1v) is 5.33. The summed E-state index contributed by atoms with van der Waals surface area (Å²) in [7, 11) is 0. The van der Waals surface area contributed by atoms with Crippen LogP contribution in [0.2, 0.25) is 0 Å². The number of likely N-dealkylation sites (tertiary alicyclic amines) is 1. The minimum atomic E-state index is -0.501. The van der Waals surface area contributed by atoms with E-state index in [0.717, 1.165) is 13.1 Å². The molecule has 0 amide bonds. The van der Waals surface area contributed by atoms with Crippen molar-refractivity contribution in [3.05, 3.63) is 35.9 Å². The van der Waals surface area contributed by atoms with Crippen LogP contribution in [-0.2, 0) is 6.54 Å². The smallest absolute Gasteiger partial charge is 0.107 e. The molecule has 0 aromatic heterocycles. The van der Waals surface area contributed by atoms with Crippen LogP contribution in [0.25, 0.3) is 0 Å². The van der Waals surface area contributed by atoms with Gasteiger partial charge in [-0.25, -0.2) is 4.39 Å². The zero-order valence-corrected chi connectivity index (χ0v) is 8.64. The highest BCUT2D eigenvalue weighted by Gasteiger charge is 2.32. The summed E-state index contributed by atoms with van der Waals surface area (Å²) in [6, 6.07) is 9.67. The SMILES string of the molecule is O[C@@H]1CCN(Cc2ccccc2)[C@H]1CF. The summed E-state index contributed by atoms with van der Waals surface area (Å²) >= 11 is 0. The third-order valence-electron chi connectivity index (χ3n) is 3.01. The number of hydrogen-bond acceptors (Lipinski definition) is 2. The van der Waals surface area contributed by atoms with E-state index < -0.39 is 12.8 Å². The molecule has 0 saturated carbocycles. The summed E-state index contributed by atoms with van der Waals surface area (Å²) in [5.41, 5.74) is 1.17. The summed E-state index contributed by atoms with van der Waals surface area (Å²) in [6.45, 7) is 1.05. The van der Waals surface area contributed by atoms with E-state index in [2.05, 4.69) is 0 Å². The largest absolute Gasteiger partial charge is 0.391 e. The normalized spacial score (nSPS) is 27.1. The van der Waals surface area contributed by atoms with Gasteiger partial charge in [0, 0.05) is 13.1 Å². The molecule has 2 atom stereocenters. The van der Waals surface area contributed by atoms with Gasteiger partial charge in [-0.1, -0.05) is 30.3 Å². The topological polar surface area (TPSA) is 23.5 Å². The first kappa shape index (κ1) is 10.6. The van der Waals surface area contributed by atoms with Crippen LogP contribution >= 0.6 is 0 Å². The summed E-state index contributed by atoms with van der Waals surface area (Å²) in [4.78, 5) is 2.01. The van der Waals surface area contributed by atoms with Crippen molar-refractivity contribution in [1.82, 2.24) is 4.90 Å². The van der Waals surface area contributed by atoms with Gasteiger partial charge in [0.2, 0.25) is 0 Å². The third kappa shape index (κ3) is 2.36. The number of halogens is 1. The Kier molecular flexibility index (Phi) is 3.34. The predicted molar refractivity (Wildman–Crippen MR) is 57.2 cm³/mol. The summed E-state index contributed by atoms with van der Waals surface area (Å²) < 4.78 is 12.7. The van der Waals surface area contributed by atoms with Gasteiger partial charge in [-0.05, 0) is 12.0 Å². The van der Waals surface area contributed by atoms with Crippen molar-refractivity contribution in [3.8, 4) is 0 Å². The van der Waals surface area contributed by atoms with Crippen molar-refractivity contribution in [2.75, 3.05) is 13.2 Å². The van der Waals surface area contributed by atoms with Gasteiger partial charge >= 0.3 is 0 Å². The zero-order chi connectivity index (χ0) is 10.7. The molecule has 2 rings (SSSR count). The number of aliphatic hydroxyl groups is 1. The maximum absolute atomic E-state index is 12.7. The van der Waals surface area contributed by atoms with E-state index in [1.807, 2.05) is 35.2 Å². The minimum Gasteiger partial charge on any atom is -0.391 e. The maximum atomic E-state index is 12.7. The molecule has 1 saturated heterocycles. The molecule has 82 valence electrons. The quantitative estimate of drug-likeness (QED) is 0.817. The average Bonchev–Trinajstić information content (AvgIpc) is 2.61. The van der Waals surface area contributed by atoms with Gasteiger partial charge in [0.05, 0.1) is 12.1 Å². The van der Waals surface area contributed by atoms with Crippen LogP contribution in [0.4, 0.5) is 4.39 Å². The zero-order valence-electron chi connectivity index (χ0n) is 8.64. The van der Waals surface area contributed by atoms with E-state index in [0.29, 0.717) is 6.42 Å². The Morgan fingerprint density at radius 3 is 2.73 bits per heavy atom. The molecule has 0 unspecified atom stereocenters. The lowest BCUT2D eigenvalue weighted by Crippen LogP contribution is -2.36. The van der Waals surface area contributed by atoms with Crippen molar-refractivity contribution in [2.45, 2.75) is 25.1 Å². The molecule has 1 N–H and O–H groups in total. The highest BCUT2D eigenvalue weighted by atomic mass is 19.1. The highest BCUT2D eigenvalue weighted by molar-refractivity contribution is 5.15. The van der Waals surface area contributed by atoms with Crippen molar-refractivity contribution in [1.29, 1.82) is 0 Å². The Labute approximate surface area is 89.3 Å². The van der Waals surface area contributed by atoms with Gasteiger partial charge in [-0.3, -0.25) is 4.90 Å². The number of alkyl halides is 1. The van der Waals surface area contributed by atoms with E-state index >= 15 is 0 Å². The van der Waals surface area contributed by atoms with Gasteiger partial charge in [0.1, 0.15) is 6.67 Å². The van der Waals surface area contributed by atoms with Crippen LogP contribution in [0.5, 0.6) is 0 Å². The molecular formula is C12H16FNO. The lowest BCUT2D eigenvalue weighted by atomic mass is 10.1. The van der Waals surface area contributed by atoms with Crippen molar-refractivity contribution >= 4 is 0 Å². The lowest BCUT2D eigenvalue weighted by molar-refractivity contribution is 0.0943. The molecule has 1 aromatic rings. The maximum Gasteiger partial charge on any atom is 0.107 e. The van der Waals surface area contributed by atoms with Crippen LogP contribution in [0.15, 0.2) is 30.3 Å². The van der Waals surface area contributed by atoms with Crippen molar-refractivity contribution in [2.24, 2.45) is 0 Å². The van der Waals surface area contributed by atoms with Crippen LogP contribution in [-0.4, -0.2) is 35.4 Å².